The number of amides is 1. The molecule has 0 spiro atoms. The summed E-state index contributed by atoms with van der Waals surface area (Å²) in [4.78, 5) is 35.0. The zero-order valence-corrected chi connectivity index (χ0v) is 39.4. The summed E-state index contributed by atoms with van der Waals surface area (Å²) < 4.78 is 21.2. The number of allylic oxidation sites excluding steroid dienone is 1. The van der Waals surface area contributed by atoms with E-state index in [4.69, 9.17) is 24.2 Å². The SMILES string of the molecule is C=CCOC12Oc3ccc(Oc4ccc(SC)cc4)cc3C3C(CCCCO)C(CCCCO)C=C(C(=NOC)CC1N(Cc1cccc4ccccc14)C(=O)C=Cc1ccc([N+](=O)[O-])cc1)C32. The molecule has 6 atom stereocenters. The lowest BCUT2D eigenvalue weighted by molar-refractivity contribution is -0.384. The van der Waals surface area contributed by atoms with Gasteiger partial charge in [-0.05, 0) is 132 Å². The van der Waals surface area contributed by atoms with E-state index in [-0.39, 0.29) is 62.1 Å². The monoisotopic (exact) mass is 937 g/mol. The van der Waals surface area contributed by atoms with Crippen LogP contribution in [0.1, 0.15) is 67.6 Å². The molecule has 12 nitrogen and oxygen atoms in total. The lowest BCUT2D eigenvalue weighted by Gasteiger charge is -2.60. The van der Waals surface area contributed by atoms with E-state index in [1.54, 1.807) is 36.0 Å². The van der Waals surface area contributed by atoms with Gasteiger partial charge in [-0.2, -0.15) is 0 Å². The maximum atomic E-state index is 15.3. The van der Waals surface area contributed by atoms with Crippen LogP contribution in [-0.2, 0) is 20.9 Å². The molecule has 0 saturated heterocycles. The van der Waals surface area contributed by atoms with Gasteiger partial charge in [-0.3, -0.25) is 14.9 Å². The van der Waals surface area contributed by atoms with Crippen LogP contribution in [0.4, 0.5) is 5.69 Å². The molecule has 13 heteroatoms. The van der Waals surface area contributed by atoms with E-state index in [0.29, 0.717) is 41.4 Å². The van der Waals surface area contributed by atoms with Crippen molar-refractivity contribution in [2.24, 2.45) is 22.9 Å². The highest BCUT2D eigenvalue weighted by atomic mass is 32.2. The van der Waals surface area contributed by atoms with Crippen molar-refractivity contribution in [2.45, 2.75) is 74.1 Å². The van der Waals surface area contributed by atoms with Crippen LogP contribution in [-0.4, -0.2) is 76.7 Å². The third kappa shape index (κ3) is 10.3. The number of benzene rings is 5. The van der Waals surface area contributed by atoms with E-state index >= 15 is 4.79 Å². The summed E-state index contributed by atoms with van der Waals surface area (Å²) in [6.45, 7) is 4.52. The lowest BCUT2D eigenvalue weighted by atomic mass is 9.55. The number of fused-ring (bicyclic) bond motifs is 3. The Balaban J connectivity index is 1.33. The minimum absolute atomic E-state index is 0.0197. The van der Waals surface area contributed by atoms with E-state index < -0.39 is 22.7 Å². The number of unbranched alkanes of at least 4 members (excludes halogenated alkanes) is 2. The van der Waals surface area contributed by atoms with Gasteiger partial charge in [-0.1, -0.05) is 72.6 Å². The predicted molar refractivity (Wildman–Crippen MR) is 267 cm³/mol. The average Bonchev–Trinajstić information content (AvgIpc) is 3.36. The van der Waals surface area contributed by atoms with Crippen LogP contribution in [0.15, 0.2) is 150 Å². The summed E-state index contributed by atoms with van der Waals surface area (Å²) in [5.41, 5.74) is 4.03. The van der Waals surface area contributed by atoms with Gasteiger partial charge in [0.2, 0.25) is 11.7 Å². The third-order valence-corrected chi connectivity index (χ3v) is 14.3. The number of thioether (sulfide) groups is 1. The van der Waals surface area contributed by atoms with Crippen molar-refractivity contribution in [1.29, 1.82) is 0 Å². The first-order chi connectivity index (χ1) is 33.2. The Kier molecular flexibility index (Phi) is 15.8. The van der Waals surface area contributed by atoms with Crippen LogP contribution in [0.25, 0.3) is 16.8 Å². The topological polar surface area (TPSA) is 153 Å². The van der Waals surface area contributed by atoms with E-state index in [1.165, 1.54) is 25.3 Å². The summed E-state index contributed by atoms with van der Waals surface area (Å²) in [7, 11) is 1.53. The summed E-state index contributed by atoms with van der Waals surface area (Å²) >= 11 is 1.66. The molecule has 0 radical (unpaired) electrons. The molecule has 5 aromatic carbocycles. The molecule has 6 unspecified atom stereocenters. The molecule has 8 rings (SSSR count). The van der Waals surface area contributed by atoms with Crippen LogP contribution < -0.4 is 9.47 Å². The largest absolute Gasteiger partial charge is 0.459 e. The Morgan fingerprint density at radius 1 is 0.956 bits per heavy atom. The van der Waals surface area contributed by atoms with Crippen LogP contribution in [0.3, 0.4) is 0 Å². The summed E-state index contributed by atoms with van der Waals surface area (Å²) in [6.07, 6.45) is 13.9. The van der Waals surface area contributed by atoms with Crippen molar-refractivity contribution in [3.05, 3.63) is 166 Å². The number of carbonyl (C=O) groups is 1. The molecule has 1 saturated carbocycles. The molecule has 2 N–H and O–H groups in total. The second-order valence-electron chi connectivity index (χ2n) is 17.5. The van der Waals surface area contributed by atoms with Crippen molar-refractivity contribution in [1.82, 2.24) is 4.90 Å². The standard InChI is InChI=1S/C55H59N3O9S/c1-4-32-65-55-51(57(36-40-15-11-14-38-12-5-6-16-45(38)40)52(61)29-20-37-18-21-41(22-19-37)58(62)63)35-49(56-64-2)47-33-39(13-7-9-30-59)46(17-8-10-31-60)53(54(47)55)48-34-43(25-28-50(48)67-55)66-42-23-26-44(68-3)27-24-42/h4-6,11-12,14-16,18-29,33-34,39,46,51,53-54,59-60H,1,7-10,13,17,30-32,35-36H2,2-3H3. The number of non-ortho nitro benzene ring substituents is 1. The van der Waals surface area contributed by atoms with Gasteiger partial charge in [-0.15, -0.1) is 18.3 Å². The smallest absolute Gasteiger partial charge is 0.269 e. The van der Waals surface area contributed by atoms with E-state index in [0.717, 1.165) is 58.1 Å². The number of hydrogen-bond acceptors (Lipinski definition) is 11. The first kappa shape index (κ1) is 48.2. The second-order valence-corrected chi connectivity index (χ2v) is 18.4. The van der Waals surface area contributed by atoms with Crippen LogP contribution >= 0.6 is 11.8 Å². The number of aliphatic hydroxyl groups excluding tert-OH is 2. The maximum absolute atomic E-state index is 15.3. The van der Waals surface area contributed by atoms with Crippen molar-refractivity contribution >= 4 is 45.9 Å². The molecule has 2 aliphatic carbocycles. The molecule has 1 amide bonds. The first-order valence-corrected chi connectivity index (χ1v) is 24.6. The van der Waals surface area contributed by atoms with Crippen molar-refractivity contribution in [3.8, 4) is 17.2 Å². The molecular formula is C55H59N3O9S. The number of aliphatic hydroxyl groups is 2. The van der Waals surface area contributed by atoms with Gasteiger partial charge >= 0.3 is 0 Å². The second kappa shape index (κ2) is 22.2. The van der Waals surface area contributed by atoms with Gasteiger partial charge in [0, 0.05) is 60.8 Å². The Morgan fingerprint density at radius 2 is 1.69 bits per heavy atom. The van der Waals surface area contributed by atoms with Gasteiger partial charge < -0.3 is 34.2 Å². The molecule has 1 aliphatic heterocycles. The van der Waals surface area contributed by atoms with Crippen LogP contribution in [0.5, 0.6) is 17.2 Å². The van der Waals surface area contributed by atoms with Crippen LogP contribution in [0, 0.1) is 27.9 Å². The molecule has 1 fully saturated rings. The number of oxime groups is 1. The quantitative estimate of drug-likeness (QED) is 0.0181. The number of rotatable bonds is 21. The lowest BCUT2D eigenvalue weighted by Crippen LogP contribution is -2.70. The molecule has 0 bridgehead atoms. The van der Waals surface area contributed by atoms with E-state index in [2.05, 4.69) is 24.8 Å². The third-order valence-electron chi connectivity index (χ3n) is 13.5. The molecule has 1 heterocycles. The molecule has 0 aromatic heterocycles. The van der Waals surface area contributed by atoms with Crippen molar-refractivity contribution in [2.75, 3.05) is 33.2 Å². The fraction of sp³-hybridized carbons (Fsp3) is 0.345. The summed E-state index contributed by atoms with van der Waals surface area (Å²) in [5.74, 6) is -0.560. The Hall–Kier alpha value is -6.25. The van der Waals surface area contributed by atoms with Gasteiger partial charge in [0.1, 0.15) is 30.4 Å². The summed E-state index contributed by atoms with van der Waals surface area (Å²) in [6, 6.07) is 33.3. The minimum atomic E-state index is -1.49. The highest BCUT2D eigenvalue weighted by Crippen LogP contribution is 2.62. The van der Waals surface area contributed by atoms with E-state index in [9.17, 15) is 20.3 Å². The van der Waals surface area contributed by atoms with E-state index in [1.807, 2.05) is 84.0 Å². The van der Waals surface area contributed by atoms with Crippen molar-refractivity contribution in [3.63, 3.8) is 0 Å². The Bertz CT molecular complexity index is 2660. The predicted octanol–water partition coefficient (Wildman–Crippen LogP) is 11.3. The fourth-order valence-electron chi connectivity index (χ4n) is 10.5. The maximum Gasteiger partial charge on any atom is 0.269 e. The molecular weight excluding hydrogens is 879 g/mol. The Morgan fingerprint density at radius 3 is 2.41 bits per heavy atom. The van der Waals surface area contributed by atoms with Crippen LogP contribution in [0.2, 0.25) is 0 Å². The Labute approximate surface area is 402 Å². The zero-order chi connectivity index (χ0) is 47.6. The van der Waals surface area contributed by atoms with Gasteiger partial charge in [0.05, 0.1) is 23.2 Å². The number of hydrogen-bond donors (Lipinski definition) is 2. The molecule has 5 aromatic rings. The van der Waals surface area contributed by atoms with Gasteiger partial charge in [0.25, 0.3) is 5.69 Å². The van der Waals surface area contributed by atoms with Gasteiger partial charge in [-0.25, -0.2) is 0 Å². The number of carbonyl (C=O) groups excluding carboxylic acids is 1. The summed E-state index contributed by atoms with van der Waals surface area (Å²) in [5, 5.41) is 38.3. The van der Waals surface area contributed by atoms with Crippen molar-refractivity contribution < 1.29 is 39.0 Å². The normalized spacial score (nSPS) is 22.2. The molecule has 68 heavy (non-hydrogen) atoms. The molecule has 354 valence electrons. The molecule has 3 aliphatic rings. The fourth-order valence-corrected chi connectivity index (χ4v) is 10.9. The number of ether oxygens (including phenoxy) is 3. The number of nitrogens with zero attached hydrogens (tertiary/aromatic N) is 3. The highest BCUT2D eigenvalue weighted by Gasteiger charge is 2.65. The average molecular weight is 938 g/mol. The highest BCUT2D eigenvalue weighted by molar-refractivity contribution is 7.98. The zero-order valence-electron chi connectivity index (χ0n) is 38.6. The minimum Gasteiger partial charge on any atom is -0.459 e. The number of nitro groups is 1. The first-order valence-electron chi connectivity index (χ1n) is 23.3. The number of nitro benzene ring substituents is 1. The van der Waals surface area contributed by atoms with Gasteiger partial charge in [0.15, 0.2) is 0 Å².